The molecule has 5 heteroatoms. The van der Waals surface area contributed by atoms with Crippen LogP contribution in [0, 0.1) is 0 Å². The van der Waals surface area contributed by atoms with Gasteiger partial charge in [-0.1, -0.05) is 77.8 Å². The molecule has 0 aromatic heterocycles. The predicted octanol–water partition coefficient (Wildman–Crippen LogP) is 6.72. The molecule has 0 heterocycles. The lowest BCUT2D eigenvalue weighted by Crippen LogP contribution is -2.35. The molecule has 0 spiro atoms. The Morgan fingerprint density at radius 1 is 0.706 bits per heavy atom. The van der Waals surface area contributed by atoms with Crippen molar-refractivity contribution in [1.82, 2.24) is 0 Å². The van der Waals surface area contributed by atoms with Gasteiger partial charge in [-0.25, -0.2) is 0 Å². The Balaban J connectivity index is 1.57. The van der Waals surface area contributed by atoms with Crippen molar-refractivity contribution in [3.05, 3.63) is 119 Å². The highest BCUT2D eigenvalue weighted by atomic mass is 35.5. The summed E-state index contributed by atoms with van der Waals surface area (Å²) in [5.74, 6) is 0.814. The molecule has 4 rings (SSSR count). The van der Waals surface area contributed by atoms with Gasteiger partial charge < -0.3 is 4.74 Å². The van der Waals surface area contributed by atoms with Crippen LogP contribution in [0.2, 0.25) is 10.0 Å². The van der Waals surface area contributed by atoms with Crippen LogP contribution < -0.4 is 20.7 Å². The lowest BCUT2D eigenvalue weighted by molar-refractivity contribution is -0.116. The van der Waals surface area contributed by atoms with E-state index in [0.717, 1.165) is 0 Å². The summed E-state index contributed by atoms with van der Waals surface area (Å²) in [6.07, 6.45) is 1.54. The zero-order chi connectivity index (χ0) is 23.8. The van der Waals surface area contributed by atoms with Crippen molar-refractivity contribution in [2.75, 3.05) is 12.8 Å². The van der Waals surface area contributed by atoms with Crippen LogP contribution in [0.1, 0.15) is 12.8 Å². The summed E-state index contributed by atoms with van der Waals surface area (Å²) in [5.41, 5.74) is 0. The zero-order valence-electron chi connectivity index (χ0n) is 18.7. The predicted molar refractivity (Wildman–Crippen MR) is 146 cm³/mol. The molecule has 0 saturated heterocycles. The highest BCUT2D eigenvalue weighted by Gasteiger charge is 2.46. The van der Waals surface area contributed by atoms with Crippen LogP contribution in [0.4, 0.5) is 0 Å². The van der Waals surface area contributed by atoms with Gasteiger partial charge in [0.1, 0.15) is 35.1 Å². The molecular weight excluding hydrogens is 482 g/mol. The van der Waals surface area contributed by atoms with Crippen molar-refractivity contribution >= 4 is 52.2 Å². The molecule has 0 amide bonds. The second-order valence-electron chi connectivity index (χ2n) is 8.04. The second-order valence-corrected chi connectivity index (χ2v) is 12.4. The summed E-state index contributed by atoms with van der Waals surface area (Å²) >= 11 is 12.1. The van der Waals surface area contributed by atoms with Gasteiger partial charge in [-0.05, 0) is 61.0 Å². The van der Waals surface area contributed by atoms with Gasteiger partial charge in [0, 0.05) is 11.4 Å². The number of hydrogen-bond acceptors (Lipinski definition) is 2. The number of halogens is 2. The molecule has 0 unspecified atom stereocenters. The molecule has 2 nitrogen and oxygen atoms in total. The molecule has 0 radical (unpaired) electrons. The topological polar surface area (TPSA) is 26.3 Å². The first-order valence-electron chi connectivity index (χ1n) is 11.2. The summed E-state index contributed by atoms with van der Waals surface area (Å²) in [5, 5.41) is 4.68. The van der Waals surface area contributed by atoms with E-state index in [9.17, 15) is 4.79 Å². The molecule has 0 aliphatic carbocycles. The Morgan fingerprint density at radius 2 is 1.21 bits per heavy atom. The van der Waals surface area contributed by atoms with Gasteiger partial charge in [-0.15, -0.1) is 0 Å². The summed E-state index contributed by atoms with van der Waals surface area (Å²) in [6, 6.07) is 36.5. The highest BCUT2D eigenvalue weighted by Crippen LogP contribution is 2.55. The fraction of sp³-hybridized carbons (Fsp3) is 0.138. The first-order chi connectivity index (χ1) is 16.6. The Kier molecular flexibility index (Phi) is 8.40. The molecule has 172 valence electrons. The smallest absolute Gasteiger partial charge is 0.171 e. The number of rotatable bonds is 10. The van der Waals surface area contributed by atoms with Gasteiger partial charge in [0.2, 0.25) is 0 Å². The Labute approximate surface area is 211 Å². The molecule has 0 aliphatic heterocycles. The van der Waals surface area contributed by atoms with Crippen LogP contribution in [-0.2, 0) is 4.79 Å². The van der Waals surface area contributed by atoms with Gasteiger partial charge in [-0.3, -0.25) is 4.79 Å². The van der Waals surface area contributed by atoms with Crippen LogP contribution in [0.5, 0.6) is 5.75 Å². The van der Waals surface area contributed by atoms with Crippen molar-refractivity contribution in [2.45, 2.75) is 12.8 Å². The van der Waals surface area contributed by atoms with Crippen molar-refractivity contribution in [3.63, 3.8) is 0 Å². The third-order valence-electron chi connectivity index (χ3n) is 5.76. The quantitative estimate of drug-likeness (QED) is 0.176. The van der Waals surface area contributed by atoms with Gasteiger partial charge in [-0.2, -0.15) is 0 Å². The van der Waals surface area contributed by atoms with Crippen molar-refractivity contribution < 1.29 is 9.53 Å². The fourth-order valence-corrected chi connectivity index (χ4v) is 8.79. The van der Waals surface area contributed by atoms with E-state index in [1.54, 1.807) is 18.2 Å². The summed E-state index contributed by atoms with van der Waals surface area (Å²) in [7, 11) is -2.16. The Bertz CT molecular complexity index is 1120. The van der Waals surface area contributed by atoms with Crippen LogP contribution in [0.15, 0.2) is 109 Å². The molecule has 34 heavy (non-hydrogen) atoms. The summed E-state index contributed by atoms with van der Waals surface area (Å²) in [6.45, 7) is 0.417. The van der Waals surface area contributed by atoms with E-state index < -0.39 is 7.26 Å². The number of carbonyl (C=O) groups is 1. The average Bonchev–Trinajstić information content (AvgIpc) is 2.88. The summed E-state index contributed by atoms with van der Waals surface area (Å²) in [4.78, 5) is 13.4. The molecule has 0 fully saturated rings. The van der Waals surface area contributed by atoms with E-state index in [-0.39, 0.29) is 5.78 Å². The first kappa shape index (κ1) is 24.5. The third kappa shape index (κ3) is 5.70. The lowest BCUT2D eigenvalue weighted by atomic mass is 10.2. The largest absolute Gasteiger partial charge is 0.492 e. The minimum Gasteiger partial charge on any atom is -0.492 e. The normalized spacial score (nSPS) is 11.2. The van der Waals surface area contributed by atoms with Gasteiger partial charge in [0.25, 0.3) is 0 Å². The molecule has 0 N–H and O–H groups in total. The number of ketones is 1. The van der Waals surface area contributed by atoms with Crippen LogP contribution in [0.3, 0.4) is 0 Å². The van der Waals surface area contributed by atoms with E-state index in [1.165, 1.54) is 15.9 Å². The number of hydrogen-bond donors (Lipinski definition) is 0. The van der Waals surface area contributed by atoms with E-state index in [1.807, 2.05) is 18.2 Å². The lowest BCUT2D eigenvalue weighted by Gasteiger charge is -2.27. The van der Waals surface area contributed by atoms with E-state index in [0.29, 0.717) is 41.4 Å². The van der Waals surface area contributed by atoms with Crippen LogP contribution in [-0.4, -0.2) is 18.6 Å². The standard InChI is InChI=1S/C29H26Cl2O2P/c30-23-18-19-29(28(31)21-23)33-20-10-11-24(32)22-34(25-12-4-1-5-13-25,26-14-6-2-7-15-26)27-16-8-3-9-17-27/h1-9,12-19,21H,10-11,20,22H2/q+1. The molecule has 0 aliphatic rings. The maximum atomic E-state index is 13.4. The zero-order valence-corrected chi connectivity index (χ0v) is 21.1. The molecule has 0 bridgehead atoms. The Morgan fingerprint density at radius 3 is 1.68 bits per heavy atom. The van der Waals surface area contributed by atoms with E-state index in [4.69, 9.17) is 27.9 Å². The Hall–Kier alpha value is -2.64. The van der Waals surface area contributed by atoms with Gasteiger partial charge >= 0.3 is 0 Å². The van der Waals surface area contributed by atoms with Crippen LogP contribution >= 0.6 is 30.5 Å². The van der Waals surface area contributed by atoms with Crippen molar-refractivity contribution in [1.29, 1.82) is 0 Å². The second kappa shape index (κ2) is 11.7. The number of carbonyl (C=O) groups excluding carboxylic acids is 1. The molecule has 4 aromatic rings. The van der Waals surface area contributed by atoms with Crippen molar-refractivity contribution in [2.24, 2.45) is 0 Å². The van der Waals surface area contributed by atoms with Crippen molar-refractivity contribution in [3.8, 4) is 5.75 Å². The number of Topliss-reactive ketones (excluding diaryl/α,β-unsaturated/α-hetero) is 1. The van der Waals surface area contributed by atoms with E-state index in [2.05, 4.69) is 72.8 Å². The maximum absolute atomic E-state index is 13.4. The number of benzene rings is 4. The monoisotopic (exact) mass is 507 g/mol. The third-order valence-corrected chi connectivity index (χ3v) is 10.7. The minimum absolute atomic E-state index is 0.232. The summed E-state index contributed by atoms with van der Waals surface area (Å²) < 4.78 is 5.79. The average molecular weight is 508 g/mol. The number of ether oxygens (including phenoxy) is 1. The molecular formula is C29H26Cl2O2P+. The molecule has 0 atom stereocenters. The fourth-order valence-electron chi connectivity index (χ4n) is 4.16. The van der Waals surface area contributed by atoms with Crippen LogP contribution in [0.25, 0.3) is 0 Å². The first-order valence-corrected chi connectivity index (χ1v) is 14.0. The van der Waals surface area contributed by atoms with E-state index >= 15 is 0 Å². The minimum atomic E-state index is -2.16. The van der Waals surface area contributed by atoms with Gasteiger partial charge in [0.15, 0.2) is 5.78 Å². The SMILES string of the molecule is O=C(CCCOc1ccc(Cl)cc1Cl)C[P+](c1ccccc1)(c1ccccc1)c1ccccc1. The van der Waals surface area contributed by atoms with Gasteiger partial charge in [0.05, 0.1) is 11.6 Å². The molecule has 0 saturated carbocycles. The maximum Gasteiger partial charge on any atom is 0.171 e. The highest BCUT2D eigenvalue weighted by molar-refractivity contribution is 7.96. The molecule has 4 aromatic carbocycles.